The highest BCUT2D eigenvalue weighted by molar-refractivity contribution is 6.43. The van der Waals surface area contributed by atoms with Crippen LogP contribution < -0.4 is 10.2 Å². The lowest BCUT2D eigenvalue weighted by atomic mass is 10.1. The van der Waals surface area contributed by atoms with Crippen LogP contribution in [-0.4, -0.2) is 18.7 Å². The summed E-state index contributed by atoms with van der Waals surface area (Å²) in [6.07, 6.45) is 2.53. The van der Waals surface area contributed by atoms with Crippen molar-refractivity contribution in [2.45, 2.75) is 13.3 Å². The molecule has 0 aliphatic rings. The topological polar surface area (TPSA) is 50.7 Å². The molecule has 24 heavy (non-hydrogen) atoms. The van der Waals surface area contributed by atoms with Crippen LogP contribution in [0.5, 0.6) is 5.75 Å². The molecule has 0 radical (unpaired) electrons. The Morgan fingerprint density at radius 3 is 2.46 bits per heavy atom. The van der Waals surface area contributed by atoms with Crippen molar-refractivity contribution in [2.24, 2.45) is 5.10 Å². The molecule has 2 aromatic rings. The lowest BCUT2D eigenvalue weighted by molar-refractivity contribution is -0.123. The molecule has 1 N–H and O–H groups in total. The van der Waals surface area contributed by atoms with Crippen molar-refractivity contribution in [3.63, 3.8) is 0 Å². The minimum atomic E-state index is -0.418. The fraction of sp³-hybridized carbons (Fsp3) is 0.176. The largest absolute Gasteiger partial charge is 0.482 e. The summed E-state index contributed by atoms with van der Waals surface area (Å²) in [4.78, 5) is 11.7. The van der Waals surface area contributed by atoms with Gasteiger partial charge < -0.3 is 4.74 Å². The predicted molar refractivity (Wildman–Crippen MR) is 98.5 cm³/mol. The molecule has 2 rings (SSSR count). The molecular weight excluding hydrogens is 371 g/mol. The number of hydrogen-bond acceptors (Lipinski definition) is 3. The zero-order valence-electron chi connectivity index (χ0n) is 12.9. The zero-order valence-corrected chi connectivity index (χ0v) is 15.1. The van der Waals surface area contributed by atoms with E-state index in [1.807, 2.05) is 24.3 Å². The Bertz CT molecular complexity index is 746. The fourth-order valence-electron chi connectivity index (χ4n) is 1.81. The van der Waals surface area contributed by atoms with Gasteiger partial charge in [0.25, 0.3) is 5.91 Å². The molecule has 7 heteroatoms. The smallest absolute Gasteiger partial charge is 0.277 e. The van der Waals surface area contributed by atoms with E-state index in [9.17, 15) is 4.79 Å². The zero-order chi connectivity index (χ0) is 17.5. The number of amides is 1. The Labute approximate surface area is 155 Å². The Kier molecular flexibility index (Phi) is 6.91. The molecule has 0 aliphatic carbocycles. The van der Waals surface area contributed by atoms with E-state index in [-0.39, 0.29) is 17.4 Å². The standard InChI is InChI=1S/C17H15Cl3N2O2/c1-2-11-3-5-12(6-4-11)9-21-22-17(23)10-24-16-8-14(19)13(18)7-15(16)20/h3-9H,2,10H2,1H3,(H,22,23). The highest BCUT2D eigenvalue weighted by Gasteiger charge is 2.09. The van der Waals surface area contributed by atoms with Gasteiger partial charge in [0.05, 0.1) is 21.3 Å². The molecule has 0 saturated heterocycles. The normalized spacial score (nSPS) is 10.8. The van der Waals surface area contributed by atoms with Crippen molar-refractivity contribution >= 4 is 46.9 Å². The van der Waals surface area contributed by atoms with Crippen LogP contribution in [-0.2, 0) is 11.2 Å². The molecule has 0 unspecified atom stereocenters. The van der Waals surface area contributed by atoms with Crippen molar-refractivity contribution in [1.29, 1.82) is 0 Å². The highest BCUT2D eigenvalue weighted by atomic mass is 35.5. The van der Waals surface area contributed by atoms with E-state index >= 15 is 0 Å². The van der Waals surface area contributed by atoms with Crippen LogP contribution >= 0.6 is 34.8 Å². The SMILES string of the molecule is CCc1ccc(C=NNC(=O)COc2cc(Cl)c(Cl)cc2Cl)cc1. The number of hydrogen-bond donors (Lipinski definition) is 1. The lowest BCUT2D eigenvalue weighted by Crippen LogP contribution is -2.24. The molecule has 1 amide bonds. The fourth-order valence-corrected chi connectivity index (χ4v) is 2.40. The molecule has 0 atom stereocenters. The number of rotatable bonds is 6. The van der Waals surface area contributed by atoms with Gasteiger partial charge in [-0.3, -0.25) is 4.79 Å². The summed E-state index contributed by atoms with van der Waals surface area (Å²) in [6, 6.07) is 10.8. The number of benzene rings is 2. The number of nitrogens with zero attached hydrogens (tertiary/aromatic N) is 1. The number of ether oxygens (including phenoxy) is 1. The van der Waals surface area contributed by atoms with Gasteiger partial charge in [0.15, 0.2) is 6.61 Å². The Balaban J connectivity index is 1.85. The van der Waals surface area contributed by atoms with Crippen molar-refractivity contribution in [1.82, 2.24) is 5.43 Å². The van der Waals surface area contributed by atoms with E-state index in [1.54, 1.807) is 6.21 Å². The molecular formula is C17H15Cl3N2O2. The van der Waals surface area contributed by atoms with Crippen LogP contribution in [0.15, 0.2) is 41.5 Å². The van der Waals surface area contributed by atoms with Crippen LogP contribution in [0.1, 0.15) is 18.1 Å². The first kappa shape index (κ1) is 18.6. The van der Waals surface area contributed by atoms with Gasteiger partial charge in [-0.2, -0.15) is 5.10 Å². The molecule has 0 aromatic heterocycles. The minimum Gasteiger partial charge on any atom is -0.482 e. The third kappa shape index (κ3) is 5.41. The first-order valence-electron chi connectivity index (χ1n) is 7.17. The Hall–Kier alpha value is -1.75. The number of carbonyl (C=O) groups is 1. The van der Waals surface area contributed by atoms with Gasteiger partial charge in [-0.15, -0.1) is 0 Å². The molecule has 0 spiro atoms. The van der Waals surface area contributed by atoms with Gasteiger partial charge in [0, 0.05) is 6.07 Å². The average Bonchev–Trinajstić information content (AvgIpc) is 2.57. The molecule has 0 aliphatic heterocycles. The number of hydrazone groups is 1. The van der Waals surface area contributed by atoms with E-state index in [2.05, 4.69) is 17.5 Å². The van der Waals surface area contributed by atoms with Crippen LogP contribution in [0.2, 0.25) is 15.1 Å². The first-order chi connectivity index (χ1) is 11.5. The Morgan fingerprint density at radius 1 is 1.12 bits per heavy atom. The average molecular weight is 386 g/mol. The van der Waals surface area contributed by atoms with Gasteiger partial charge in [-0.25, -0.2) is 5.43 Å². The monoisotopic (exact) mass is 384 g/mol. The summed E-state index contributed by atoms with van der Waals surface area (Å²) < 4.78 is 5.31. The van der Waals surface area contributed by atoms with E-state index < -0.39 is 5.91 Å². The second kappa shape index (κ2) is 8.92. The highest BCUT2D eigenvalue weighted by Crippen LogP contribution is 2.33. The molecule has 0 fully saturated rings. The summed E-state index contributed by atoms with van der Waals surface area (Å²) >= 11 is 17.7. The van der Waals surface area contributed by atoms with E-state index in [1.165, 1.54) is 17.7 Å². The molecule has 0 heterocycles. The second-order valence-electron chi connectivity index (χ2n) is 4.87. The van der Waals surface area contributed by atoms with Crippen molar-refractivity contribution in [2.75, 3.05) is 6.61 Å². The summed E-state index contributed by atoms with van der Waals surface area (Å²) in [5.74, 6) is -0.140. The maximum Gasteiger partial charge on any atom is 0.277 e. The van der Waals surface area contributed by atoms with Crippen molar-refractivity contribution in [3.8, 4) is 5.75 Å². The number of aryl methyl sites for hydroxylation is 1. The lowest BCUT2D eigenvalue weighted by Gasteiger charge is -2.08. The summed E-state index contributed by atoms with van der Waals surface area (Å²) in [5.41, 5.74) is 4.51. The molecule has 126 valence electrons. The van der Waals surface area contributed by atoms with Gasteiger partial charge in [-0.05, 0) is 23.6 Å². The van der Waals surface area contributed by atoms with Crippen LogP contribution in [0.25, 0.3) is 0 Å². The quantitative estimate of drug-likeness (QED) is 0.443. The van der Waals surface area contributed by atoms with E-state index in [0.717, 1.165) is 12.0 Å². The summed E-state index contributed by atoms with van der Waals surface area (Å²) in [6.45, 7) is 1.84. The third-order valence-corrected chi connectivity index (χ3v) is 4.14. The molecule has 0 saturated carbocycles. The van der Waals surface area contributed by atoms with Crippen LogP contribution in [0.3, 0.4) is 0 Å². The van der Waals surface area contributed by atoms with Gasteiger partial charge in [0.2, 0.25) is 0 Å². The number of halogens is 3. The van der Waals surface area contributed by atoms with Crippen LogP contribution in [0, 0.1) is 0 Å². The minimum absolute atomic E-state index is 0.246. The van der Waals surface area contributed by atoms with E-state index in [4.69, 9.17) is 39.5 Å². The predicted octanol–water partition coefficient (Wildman–Crippen LogP) is 4.74. The maximum absolute atomic E-state index is 11.7. The van der Waals surface area contributed by atoms with Crippen molar-refractivity contribution in [3.05, 3.63) is 62.6 Å². The number of carbonyl (C=O) groups excluding carboxylic acids is 1. The van der Waals surface area contributed by atoms with Gasteiger partial charge in [-0.1, -0.05) is 66.0 Å². The van der Waals surface area contributed by atoms with Gasteiger partial charge in [0.1, 0.15) is 5.75 Å². The molecule has 2 aromatic carbocycles. The molecule has 0 bridgehead atoms. The van der Waals surface area contributed by atoms with E-state index in [0.29, 0.717) is 10.0 Å². The summed E-state index contributed by atoms with van der Waals surface area (Å²) in [7, 11) is 0. The van der Waals surface area contributed by atoms with Crippen LogP contribution in [0.4, 0.5) is 0 Å². The number of nitrogens with one attached hydrogen (secondary N) is 1. The summed E-state index contributed by atoms with van der Waals surface area (Å²) in [5, 5.41) is 4.77. The third-order valence-electron chi connectivity index (χ3n) is 3.12. The molecule has 4 nitrogen and oxygen atoms in total. The Morgan fingerprint density at radius 2 is 1.79 bits per heavy atom. The first-order valence-corrected chi connectivity index (χ1v) is 8.31. The second-order valence-corrected chi connectivity index (χ2v) is 6.10. The van der Waals surface area contributed by atoms with Crippen molar-refractivity contribution < 1.29 is 9.53 Å². The maximum atomic E-state index is 11.7. The van der Waals surface area contributed by atoms with Gasteiger partial charge >= 0.3 is 0 Å².